The summed E-state index contributed by atoms with van der Waals surface area (Å²) in [5, 5.41) is 8.56. The van der Waals surface area contributed by atoms with Crippen molar-refractivity contribution in [1.82, 2.24) is 24.6 Å². The van der Waals surface area contributed by atoms with Crippen molar-refractivity contribution < 1.29 is 9.53 Å². The summed E-state index contributed by atoms with van der Waals surface area (Å²) in [5.41, 5.74) is 0.520. The lowest BCUT2D eigenvalue weighted by atomic mass is 10.1. The summed E-state index contributed by atoms with van der Waals surface area (Å²) < 4.78 is 7.40. The molecule has 0 aromatic carbocycles. The number of rotatable bonds is 3. The van der Waals surface area contributed by atoms with Crippen molar-refractivity contribution in [3.63, 3.8) is 0 Å². The molecule has 3 rings (SSSR count). The number of nitrogens with zero attached hydrogens (tertiary/aromatic N) is 5. The highest BCUT2D eigenvalue weighted by Gasteiger charge is 2.31. The van der Waals surface area contributed by atoms with Gasteiger partial charge in [-0.1, -0.05) is 13.8 Å². The van der Waals surface area contributed by atoms with Gasteiger partial charge in [0.25, 0.3) is 5.91 Å². The highest BCUT2D eigenvalue weighted by molar-refractivity contribution is 5.96. The first-order valence-corrected chi connectivity index (χ1v) is 7.73. The van der Waals surface area contributed by atoms with Gasteiger partial charge in [-0.3, -0.25) is 9.78 Å². The molecule has 2 aromatic heterocycles. The third-order valence-corrected chi connectivity index (χ3v) is 4.09. The number of carbonyl (C=O) groups is 1. The van der Waals surface area contributed by atoms with E-state index in [0.717, 1.165) is 11.6 Å². The van der Waals surface area contributed by atoms with Gasteiger partial charge in [-0.2, -0.15) is 0 Å². The smallest absolute Gasteiger partial charge is 0.258 e. The maximum absolute atomic E-state index is 12.8. The van der Waals surface area contributed by atoms with E-state index >= 15 is 0 Å². The second kappa shape index (κ2) is 5.98. The zero-order chi connectivity index (χ0) is 16.6. The lowest BCUT2D eigenvalue weighted by Gasteiger charge is -2.33. The molecule has 122 valence electrons. The van der Waals surface area contributed by atoms with E-state index in [1.165, 1.54) is 7.11 Å². The Balaban J connectivity index is 1.90. The molecule has 0 saturated heterocycles. The number of hydrogen-bond donors (Lipinski definition) is 0. The molecule has 0 aliphatic carbocycles. The Kier molecular flexibility index (Phi) is 4.02. The molecule has 0 saturated carbocycles. The first-order chi connectivity index (χ1) is 11.0. The standard InChI is InChI=1S/C16H21N5O2/c1-10(2)15-19-18-14-9-20(8-11(3)21(14)15)16(22)12-5-6-17-7-13(12)23-4/h5-7,10-11H,8-9H2,1-4H3/t11-/m0/s1. The van der Waals surface area contributed by atoms with Crippen molar-refractivity contribution in [3.8, 4) is 5.75 Å². The van der Waals surface area contributed by atoms with Crippen LogP contribution in [0.5, 0.6) is 5.75 Å². The molecule has 0 unspecified atom stereocenters. The molecule has 0 spiro atoms. The number of carbonyl (C=O) groups excluding carboxylic acids is 1. The fourth-order valence-corrected chi connectivity index (χ4v) is 3.00. The SMILES string of the molecule is COc1cnccc1C(=O)N1Cc2nnc(C(C)C)n2[C@@H](C)C1. The predicted molar refractivity (Wildman–Crippen MR) is 84.4 cm³/mol. The van der Waals surface area contributed by atoms with Crippen LogP contribution in [0.4, 0.5) is 0 Å². The average Bonchev–Trinajstić information content (AvgIpc) is 2.99. The molecule has 7 heteroatoms. The van der Waals surface area contributed by atoms with Crippen LogP contribution in [0.25, 0.3) is 0 Å². The van der Waals surface area contributed by atoms with Crippen LogP contribution >= 0.6 is 0 Å². The van der Waals surface area contributed by atoms with E-state index in [9.17, 15) is 4.79 Å². The fraction of sp³-hybridized carbons (Fsp3) is 0.500. The summed E-state index contributed by atoms with van der Waals surface area (Å²) >= 11 is 0. The summed E-state index contributed by atoms with van der Waals surface area (Å²) in [4.78, 5) is 18.6. The van der Waals surface area contributed by atoms with Gasteiger partial charge < -0.3 is 14.2 Å². The molecule has 23 heavy (non-hydrogen) atoms. The highest BCUT2D eigenvalue weighted by Crippen LogP contribution is 2.27. The van der Waals surface area contributed by atoms with E-state index in [2.05, 4.69) is 40.5 Å². The largest absolute Gasteiger partial charge is 0.494 e. The monoisotopic (exact) mass is 315 g/mol. The molecule has 0 bridgehead atoms. The van der Waals surface area contributed by atoms with Gasteiger partial charge in [-0.05, 0) is 13.0 Å². The van der Waals surface area contributed by atoms with Crippen LogP contribution in [0.15, 0.2) is 18.5 Å². The van der Waals surface area contributed by atoms with Gasteiger partial charge in [0.05, 0.1) is 31.5 Å². The van der Waals surface area contributed by atoms with Crippen LogP contribution in [-0.2, 0) is 6.54 Å². The fourth-order valence-electron chi connectivity index (χ4n) is 3.00. The second-order valence-electron chi connectivity index (χ2n) is 6.11. The number of hydrogen-bond acceptors (Lipinski definition) is 5. The van der Waals surface area contributed by atoms with Gasteiger partial charge in [-0.15, -0.1) is 10.2 Å². The van der Waals surface area contributed by atoms with Crippen molar-refractivity contribution in [2.75, 3.05) is 13.7 Å². The van der Waals surface area contributed by atoms with E-state index in [0.29, 0.717) is 30.3 Å². The van der Waals surface area contributed by atoms with Crippen LogP contribution in [0, 0.1) is 0 Å². The van der Waals surface area contributed by atoms with Gasteiger partial charge >= 0.3 is 0 Å². The average molecular weight is 315 g/mol. The summed E-state index contributed by atoms with van der Waals surface area (Å²) in [6.45, 7) is 7.36. The topological polar surface area (TPSA) is 73.1 Å². The van der Waals surface area contributed by atoms with Crippen LogP contribution in [-0.4, -0.2) is 44.2 Å². The number of pyridine rings is 1. The van der Waals surface area contributed by atoms with Crippen molar-refractivity contribution >= 4 is 5.91 Å². The normalized spacial score (nSPS) is 17.3. The highest BCUT2D eigenvalue weighted by atomic mass is 16.5. The van der Waals surface area contributed by atoms with Gasteiger partial charge in [0.1, 0.15) is 11.6 Å². The minimum absolute atomic E-state index is 0.0727. The molecular formula is C16H21N5O2. The summed E-state index contributed by atoms with van der Waals surface area (Å²) in [5.74, 6) is 2.52. The number of aromatic nitrogens is 4. The molecule has 2 aromatic rings. The Hall–Kier alpha value is -2.44. The van der Waals surface area contributed by atoms with Crippen molar-refractivity contribution in [1.29, 1.82) is 0 Å². The van der Waals surface area contributed by atoms with E-state index in [4.69, 9.17) is 4.74 Å². The van der Waals surface area contributed by atoms with Gasteiger partial charge in [-0.25, -0.2) is 0 Å². The van der Waals surface area contributed by atoms with Crippen LogP contribution in [0.3, 0.4) is 0 Å². The van der Waals surface area contributed by atoms with Gasteiger partial charge in [0.15, 0.2) is 5.82 Å². The molecule has 3 heterocycles. The number of methoxy groups -OCH3 is 1. The summed E-state index contributed by atoms with van der Waals surface area (Å²) in [7, 11) is 1.54. The molecule has 0 radical (unpaired) electrons. The number of amides is 1. The zero-order valence-corrected chi connectivity index (χ0v) is 13.9. The predicted octanol–water partition coefficient (Wildman–Crippen LogP) is 2.02. The summed E-state index contributed by atoms with van der Waals surface area (Å²) in [6.07, 6.45) is 3.16. The van der Waals surface area contributed by atoms with Crippen LogP contribution < -0.4 is 4.74 Å². The Bertz CT molecular complexity index is 725. The maximum Gasteiger partial charge on any atom is 0.258 e. The third kappa shape index (κ3) is 2.67. The maximum atomic E-state index is 12.8. The van der Waals surface area contributed by atoms with E-state index in [1.54, 1.807) is 23.4 Å². The quantitative estimate of drug-likeness (QED) is 0.866. The minimum Gasteiger partial charge on any atom is -0.494 e. The molecule has 7 nitrogen and oxygen atoms in total. The Morgan fingerprint density at radius 2 is 2.17 bits per heavy atom. The second-order valence-corrected chi connectivity index (χ2v) is 6.11. The molecule has 1 aliphatic heterocycles. The minimum atomic E-state index is -0.0727. The Morgan fingerprint density at radius 1 is 1.39 bits per heavy atom. The first kappa shape index (κ1) is 15.5. The van der Waals surface area contributed by atoms with E-state index in [-0.39, 0.29) is 11.9 Å². The van der Waals surface area contributed by atoms with Gasteiger partial charge in [0.2, 0.25) is 0 Å². The molecular weight excluding hydrogens is 294 g/mol. The number of fused-ring (bicyclic) bond motifs is 1. The molecule has 0 N–H and O–H groups in total. The van der Waals surface area contributed by atoms with Gasteiger partial charge in [0, 0.05) is 18.7 Å². The van der Waals surface area contributed by atoms with E-state index < -0.39 is 0 Å². The Morgan fingerprint density at radius 3 is 2.87 bits per heavy atom. The lowest BCUT2D eigenvalue weighted by molar-refractivity contribution is 0.0675. The van der Waals surface area contributed by atoms with Crippen molar-refractivity contribution in [2.24, 2.45) is 0 Å². The van der Waals surface area contributed by atoms with Crippen molar-refractivity contribution in [3.05, 3.63) is 35.7 Å². The van der Waals surface area contributed by atoms with Crippen molar-refractivity contribution in [2.45, 2.75) is 39.3 Å². The third-order valence-electron chi connectivity index (χ3n) is 4.09. The summed E-state index contributed by atoms with van der Waals surface area (Å²) in [6, 6.07) is 1.83. The zero-order valence-electron chi connectivity index (χ0n) is 13.9. The molecule has 1 atom stereocenters. The lowest BCUT2D eigenvalue weighted by Crippen LogP contribution is -2.41. The van der Waals surface area contributed by atoms with E-state index in [1.807, 2.05) is 0 Å². The Labute approximate surface area is 135 Å². The first-order valence-electron chi connectivity index (χ1n) is 7.73. The molecule has 0 fully saturated rings. The molecule has 1 amide bonds. The van der Waals surface area contributed by atoms with Crippen LogP contribution in [0.2, 0.25) is 0 Å². The molecule has 1 aliphatic rings. The van der Waals surface area contributed by atoms with Crippen LogP contribution in [0.1, 0.15) is 54.7 Å². The number of ether oxygens (including phenoxy) is 1.